The fourth-order valence-electron chi connectivity index (χ4n) is 1.95. The number of esters is 1. The Labute approximate surface area is 105 Å². The molecule has 94 valence electrons. The molecule has 1 atom stereocenters. The van der Waals surface area contributed by atoms with Gasteiger partial charge in [-0.1, -0.05) is 0 Å². The van der Waals surface area contributed by atoms with Gasteiger partial charge in [0.15, 0.2) is 0 Å². The molecule has 0 spiro atoms. The summed E-state index contributed by atoms with van der Waals surface area (Å²) in [7, 11) is 1.38. The molecular weight excluding hydrogens is 232 g/mol. The van der Waals surface area contributed by atoms with Crippen molar-refractivity contribution in [2.75, 3.05) is 31.6 Å². The number of aromatic nitrogens is 1. The standard InChI is InChI=1S/C12H14N4O2/c1-18-12(17)10-8-14-4-5-16(10)11-3-2-9(6-13)7-15-11/h2-3,7,10,14H,4-5,8H2,1H3. The van der Waals surface area contributed by atoms with Crippen LogP contribution in [0, 0.1) is 11.3 Å². The van der Waals surface area contributed by atoms with Gasteiger partial charge in [0, 0.05) is 25.8 Å². The van der Waals surface area contributed by atoms with Crippen molar-refractivity contribution in [2.24, 2.45) is 0 Å². The topological polar surface area (TPSA) is 78.2 Å². The molecular formula is C12H14N4O2. The Kier molecular flexibility index (Phi) is 3.75. The van der Waals surface area contributed by atoms with E-state index in [0.717, 1.165) is 6.54 Å². The Morgan fingerprint density at radius 2 is 2.50 bits per heavy atom. The van der Waals surface area contributed by atoms with E-state index in [2.05, 4.69) is 10.3 Å². The maximum Gasteiger partial charge on any atom is 0.329 e. The van der Waals surface area contributed by atoms with Gasteiger partial charge in [-0.15, -0.1) is 0 Å². The van der Waals surface area contributed by atoms with Gasteiger partial charge in [-0.3, -0.25) is 0 Å². The van der Waals surface area contributed by atoms with Crippen molar-refractivity contribution in [1.29, 1.82) is 5.26 Å². The number of hydrogen-bond acceptors (Lipinski definition) is 6. The fraction of sp³-hybridized carbons (Fsp3) is 0.417. The first-order valence-electron chi connectivity index (χ1n) is 5.67. The molecule has 0 saturated carbocycles. The first-order valence-corrected chi connectivity index (χ1v) is 5.67. The van der Waals surface area contributed by atoms with Crippen LogP contribution in [0.4, 0.5) is 5.82 Å². The predicted molar refractivity (Wildman–Crippen MR) is 65.0 cm³/mol. The van der Waals surface area contributed by atoms with Crippen molar-refractivity contribution in [3.05, 3.63) is 23.9 Å². The summed E-state index contributed by atoms with van der Waals surface area (Å²) in [6.45, 7) is 2.00. The van der Waals surface area contributed by atoms with Crippen molar-refractivity contribution >= 4 is 11.8 Å². The van der Waals surface area contributed by atoms with E-state index in [1.165, 1.54) is 13.3 Å². The quantitative estimate of drug-likeness (QED) is 0.734. The molecule has 1 aliphatic rings. The van der Waals surface area contributed by atoms with Crippen LogP contribution in [0.2, 0.25) is 0 Å². The van der Waals surface area contributed by atoms with Crippen molar-refractivity contribution in [1.82, 2.24) is 10.3 Å². The molecule has 0 aliphatic carbocycles. The normalized spacial score (nSPS) is 19.1. The van der Waals surface area contributed by atoms with Crippen molar-refractivity contribution in [2.45, 2.75) is 6.04 Å². The highest BCUT2D eigenvalue weighted by atomic mass is 16.5. The van der Waals surface area contributed by atoms with Crippen LogP contribution in [0.1, 0.15) is 5.56 Å². The average molecular weight is 246 g/mol. The minimum atomic E-state index is -0.371. The van der Waals surface area contributed by atoms with E-state index in [9.17, 15) is 4.79 Å². The van der Waals surface area contributed by atoms with Gasteiger partial charge in [-0.2, -0.15) is 5.26 Å². The third-order valence-corrected chi connectivity index (χ3v) is 2.89. The molecule has 1 unspecified atom stereocenters. The highest BCUT2D eigenvalue weighted by molar-refractivity contribution is 5.80. The monoisotopic (exact) mass is 246 g/mol. The number of methoxy groups -OCH3 is 1. The lowest BCUT2D eigenvalue weighted by atomic mass is 10.2. The van der Waals surface area contributed by atoms with Crippen LogP contribution in [0.25, 0.3) is 0 Å². The van der Waals surface area contributed by atoms with Gasteiger partial charge in [-0.05, 0) is 12.1 Å². The predicted octanol–water partition coefficient (Wildman–Crippen LogP) is -0.0955. The number of anilines is 1. The lowest BCUT2D eigenvalue weighted by Crippen LogP contribution is -2.55. The molecule has 1 aromatic heterocycles. The Bertz CT molecular complexity index is 466. The van der Waals surface area contributed by atoms with Gasteiger partial charge < -0.3 is 15.0 Å². The molecule has 18 heavy (non-hydrogen) atoms. The number of ether oxygens (including phenoxy) is 1. The third-order valence-electron chi connectivity index (χ3n) is 2.89. The molecule has 1 aromatic rings. The van der Waals surface area contributed by atoms with E-state index in [1.807, 2.05) is 11.0 Å². The summed E-state index contributed by atoms with van der Waals surface area (Å²) in [5, 5.41) is 11.9. The number of piperazine rings is 1. The SMILES string of the molecule is COC(=O)C1CNCCN1c1ccc(C#N)cn1. The number of rotatable bonds is 2. The van der Waals surface area contributed by atoms with Gasteiger partial charge in [0.25, 0.3) is 0 Å². The van der Waals surface area contributed by atoms with Gasteiger partial charge >= 0.3 is 5.97 Å². The molecule has 6 heteroatoms. The number of pyridine rings is 1. The van der Waals surface area contributed by atoms with Gasteiger partial charge in [0.2, 0.25) is 0 Å². The van der Waals surface area contributed by atoms with Gasteiger partial charge in [0.1, 0.15) is 17.9 Å². The Morgan fingerprint density at radius 1 is 1.67 bits per heavy atom. The van der Waals surface area contributed by atoms with Crippen LogP contribution in [0.3, 0.4) is 0 Å². The molecule has 6 nitrogen and oxygen atoms in total. The van der Waals surface area contributed by atoms with Crippen LogP contribution in [0.5, 0.6) is 0 Å². The first-order chi connectivity index (χ1) is 8.76. The summed E-state index contributed by atoms with van der Waals surface area (Å²) in [6.07, 6.45) is 1.51. The smallest absolute Gasteiger partial charge is 0.329 e. The van der Waals surface area contributed by atoms with Crippen LogP contribution in [0.15, 0.2) is 18.3 Å². The average Bonchev–Trinajstić information content (AvgIpc) is 2.46. The van der Waals surface area contributed by atoms with Crippen molar-refractivity contribution < 1.29 is 9.53 Å². The van der Waals surface area contributed by atoms with Crippen LogP contribution < -0.4 is 10.2 Å². The molecule has 1 saturated heterocycles. The highest BCUT2D eigenvalue weighted by Gasteiger charge is 2.30. The molecule has 0 bridgehead atoms. The molecule has 0 amide bonds. The third kappa shape index (κ3) is 2.41. The van der Waals surface area contributed by atoms with E-state index < -0.39 is 0 Å². The number of nitrogens with zero attached hydrogens (tertiary/aromatic N) is 3. The summed E-state index contributed by atoms with van der Waals surface area (Å²) in [5.74, 6) is 0.402. The number of carbonyl (C=O) groups excluding carboxylic acids is 1. The first kappa shape index (κ1) is 12.3. The fourth-order valence-corrected chi connectivity index (χ4v) is 1.95. The summed E-state index contributed by atoms with van der Waals surface area (Å²) in [4.78, 5) is 17.8. The number of nitriles is 1. The van der Waals surface area contributed by atoms with Crippen LogP contribution in [-0.2, 0) is 9.53 Å². The molecule has 1 fully saturated rings. The second-order valence-electron chi connectivity index (χ2n) is 3.95. The van der Waals surface area contributed by atoms with Crippen molar-refractivity contribution in [3.8, 4) is 6.07 Å². The maximum atomic E-state index is 11.7. The van der Waals surface area contributed by atoms with Crippen molar-refractivity contribution in [3.63, 3.8) is 0 Å². The minimum absolute atomic E-state index is 0.284. The zero-order chi connectivity index (χ0) is 13.0. The summed E-state index contributed by atoms with van der Waals surface area (Å²) in [5.41, 5.74) is 0.503. The van der Waals surface area contributed by atoms with Crippen LogP contribution in [-0.4, -0.2) is 43.7 Å². The molecule has 2 rings (SSSR count). The van der Waals surface area contributed by atoms with E-state index in [1.54, 1.807) is 12.1 Å². The van der Waals surface area contributed by atoms with E-state index in [-0.39, 0.29) is 12.0 Å². The number of nitrogens with one attached hydrogen (secondary N) is 1. The molecule has 1 N–H and O–H groups in total. The summed E-state index contributed by atoms with van der Waals surface area (Å²) < 4.78 is 4.79. The highest BCUT2D eigenvalue weighted by Crippen LogP contribution is 2.16. The molecule has 1 aliphatic heterocycles. The van der Waals surface area contributed by atoms with Gasteiger partial charge in [-0.25, -0.2) is 9.78 Å². The molecule has 0 aromatic carbocycles. The summed E-state index contributed by atoms with van der Waals surface area (Å²) >= 11 is 0. The van der Waals surface area contributed by atoms with Gasteiger partial charge in [0.05, 0.1) is 12.7 Å². The summed E-state index contributed by atoms with van der Waals surface area (Å²) in [6, 6.07) is 5.09. The second-order valence-corrected chi connectivity index (χ2v) is 3.95. The van der Waals surface area contributed by atoms with E-state index >= 15 is 0 Å². The number of hydrogen-bond donors (Lipinski definition) is 1. The molecule has 0 radical (unpaired) electrons. The lowest BCUT2D eigenvalue weighted by Gasteiger charge is -2.35. The Balaban J connectivity index is 2.22. The Hall–Kier alpha value is -2.13. The van der Waals surface area contributed by atoms with Crippen LogP contribution >= 0.6 is 0 Å². The Morgan fingerprint density at radius 3 is 3.11 bits per heavy atom. The second kappa shape index (κ2) is 5.47. The maximum absolute atomic E-state index is 11.7. The lowest BCUT2D eigenvalue weighted by molar-refractivity contribution is -0.142. The minimum Gasteiger partial charge on any atom is -0.467 e. The van der Waals surface area contributed by atoms with E-state index in [4.69, 9.17) is 10.00 Å². The largest absolute Gasteiger partial charge is 0.467 e. The number of carbonyl (C=O) groups is 1. The molecule has 2 heterocycles. The van der Waals surface area contributed by atoms with E-state index in [0.29, 0.717) is 24.5 Å². The zero-order valence-electron chi connectivity index (χ0n) is 10.1. The zero-order valence-corrected chi connectivity index (χ0v) is 10.1.